The molecular formula is C10H13IN2O4. The Morgan fingerprint density at radius 3 is 2.71 bits per heavy atom. The summed E-state index contributed by atoms with van der Waals surface area (Å²) in [6, 6.07) is -0.144. The average Bonchev–Trinajstić information content (AvgIpc) is 2.25. The Balaban J connectivity index is 2.33. The summed E-state index contributed by atoms with van der Waals surface area (Å²) < 4.78 is 1.88. The van der Waals surface area contributed by atoms with Gasteiger partial charge in [0, 0.05) is 31.4 Å². The van der Waals surface area contributed by atoms with Gasteiger partial charge in [0.15, 0.2) is 0 Å². The van der Waals surface area contributed by atoms with Crippen LogP contribution in [-0.4, -0.2) is 33.0 Å². The number of hydrogen-bond donors (Lipinski definition) is 3. The highest BCUT2D eigenvalue weighted by Gasteiger charge is 2.41. The first-order valence-corrected chi connectivity index (χ1v) is 6.39. The van der Waals surface area contributed by atoms with E-state index in [0.717, 1.165) is 0 Å². The molecule has 1 aliphatic carbocycles. The third-order valence-electron chi connectivity index (χ3n) is 3.37. The minimum atomic E-state index is -0.463. The molecule has 1 aliphatic rings. The van der Waals surface area contributed by atoms with Crippen molar-refractivity contribution in [1.29, 1.82) is 0 Å². The molecule has 1 aromatic heterocycles. The number of aliphatic hydroxyl groups excluding tert-OH is 2. The topological polar surface area (TPSA) is 95.3 Å². The summed E-state index contributed by atoms with van der Waals surface area (Å²) in [4.78, 5) is 25.1. The first kappa shape index (κ1) is 12.8. The predicted octanol–water partition coefficient (Wildman–Crippen LogP) is -0.697. The maximum absolute atomic E-state index is 11.6. The molecule has 0 aromatic carbocycles. The number of aromatic amines is 1. The van der Waals surface area contributed by atoms with Crippen LogP contribution in [0.25, 0.3) is 0 Å². The van der Waals surface area contributed by atoms with E-state index < -0.39 is 11.2 Å². The van der Waals surface area contributed by atoms with Gasteiger partial charge in [-0.15, -0.1) is 0 Å². The largest absolute Gasteiger partial charge is 0.396 e. The fourth-order valence-corrected chi connectivity index (χ4v) is 2.72. The van der Waals surface area contributed by atoms with Crippen LogP contribution in [-0.2, 0) is 0 Å². The SMILES string of the molecule is O=c1[nH]c(=O)n(C2CC(CO)C2CO)cc1I. The molecule has 7 heteroatoms. The van der Waals surface area contributed by atoms with Crippen molar-refractivity contribution in [3.8, 4) is 0 Å². The Morgan fingerprint density at radius 2 is 2.12 bits per heavy atom. The second-order valence-corrected chi connectivity index (χ2v) is 5.40. The fraction of sp³-hybridized carbons (Fsp3) is 0.600. The lowest BCUT2D eigenvalue weighted by molar-refractivity contribution is -0.00883. The molecule has 0 bridgehead atoms. The molecule has 2 rings (SSSR count). The van der Waals surface area contributed by atoms with E-state index in [4.69, 9.17) is 5.11 Å². The highest BCUT2D eigenvalue weighted by atomic mass is 127. The number of halogens is 1. The van der Waals surface area contributed by atoms with Gasteiger partial charge in [-0.05, 0) is 34.9 Å². The van der Waals surface area contributed by atoms with Crippen molar-refractivity contribution in [1.82, 2.24) is 9.55 Å². The van der Waals surface area contributed by atoms with Crippen LogP contribution in [0, 0.1) is 15.4 Å². The number of nitrogens with zero attached hydrogens (tertiary/aromatic N) is 1. The van der Waals surface area contributed by atoms with Gasteiger partial charge < -0.3 is 10.2 Å². The molecule has 1 heterocycles. The third-order valence-corrected chi connectivity index (χ3v) is 4.14. The van der Waals surface area contributed by atoms with Crippen LogP contribution in [0.1, 0.15) is 12.5 Å². The Kier molecular flexibility index (Phi) is 3.69. The first-order valence-electron chi connectivity index (χ1n) is 5.31. The van der Waals surface area contributed by atoms with Gasteiger partial charge >= 0.3 is 5.69 Å². The van der Waals surface area contributed by atoms with Crippen LogP contribution in [0.5, 0.6) is 0 Å². The van der Waals surface area contributed by atoms with E-state index in [0.29, 0.717) is 9.99 Å². The molecular weight excluding hydrogens is 339 g/mol. The average molecular weight is 352 g/mol. The number of hydrogen-bond acceptors (Lipinski definition) is 4. The van der Waals surface area contributed by atoms with Gasteiger partial charge in [0.25, 0.3) is 5.56 Å². The lowest BCUT2D eigenvalue weighted by atomic mass is 9.70. The number of nitrogens with one attached hydrogen (secondary N) is 1. The van der Waals surface area contributed by atoms with Crippen molar-refractivity contribution in [2.75, 3.05) is 13.2 Å². The number of H-pyrrole nitrogens is 1. The van der Waals surface area contributed by atoms with Gasteiger partial charge in [-0.1, -0.05) is 0 Å². The maximum atomic E-state index is 11.6. The first-order chi connectivity index (χ1) is 8.08. The van der Waals surface area contributed by atoms with Crippen molar-refractivity contribution in [2.24, 2.45) is 11.8 Å². The van der Waals surface area contributed by atoms with Gasteiger partial charge in [0.1, 0.15) is 0 Å². The Hall–Kier alpha value is -0.670. The summed E-state index contributed by atoms with van der Waals surface area (Å²) >= 11 is 1.86. The Bertz CT molecular complexity index is 524. The summed E-state index contributed by atoms with van der Waals surface area (Å²) in [6.45, 7) is -0.0606. The van der Waals surface area contributed by atoms with Gasteiger partial charge in [-0.2, -0.15) is 0 Å². The molecule has 0 amide bonds. The van der Waals surface area contributed by atoms with E-state index in [1.165, 1.54) is 10.8 Å². The molecule has 3 unspecified atom stereocenters. The van der Waals surface area contributed by atoms with E-state index >= 15 is 0 Å². The van der Waals surface area contributed by atoms with Gasteiger partial charge in [-0.25, -0.2) is 4.79 Å². The van der Waals surface area contributed by atoms with E-state index in [1.54, 1.807) is 0 Å². The lowest BCUT2D eigenvalue weighted by Crippen LogP contribution is -2.47. The molecule has 1 saturated carbocycles. The van der Waals surface area contributed by atoms with E-state index in [9.17, 15) is 14.7 Å². The van der Waals surface area contributed by atoms with Crippen molar-refractivity contribution in [3.05, 3.63) is 30.6 Å². The number of rotatable bonds is 3. The van der Waals surface area contributed by atoms with Crippen molar-refractivity contribution in [2.45, 2.75) is 12.5 Å². The van der Waals surface area contributed by atoms with Gasteiger partial charge in [-0.3, -0.25) is 14.3 Å². The molecule has 1 aromatic rings. The summed E-state index contributed by atoms with van der Waals surface area (Å²) in [5, 5.41) is 18.3. The molecule has 0 spiro atoms. The van der Waals surface area contributed by atoms with Crippen LogP contribution in [0.4, 0.5) is 0 Å². The molecule has 17 heavy (non-hydrogen) atoms. The molecule has 3 atom stereocenters. The number of aliphatic hydroxyl groups is 2. The fourth-order valence-electron chi connectivity index (χ4n) is 2.29. The summed E-state index contributed by atoms with van der Waals surface area (Å²) in [6.07, 6.45) is 2.15. The van der Waals surface area contributed by atoms with Crippen LogP contribution in [0.3, 0.4) is 0 Å². The number of aromatic nitrogens is 2. The van der Waals surface area contributed by atoms with E-state index in [-0.39, 0.29) is 31.1 Å². The third kappa shape index (κ3) is 2.18. The zero-order valence-corrected chi connectivity index (χ0v) is 11.1. The quantitative estimate of drug-likeness (QED) is 0.628. The highest BCUT2D eigenvalue weighted by molar-refractivity contribution is 14.1. The molecule has 0 aliphatic heterocycles. The molecule has 0 saturated heterocycles. The standard InChI is InChI=1S/C10H13IN2O4/c11-7-2-13(10(17)12-9(7)16)8-1-5(3-14)6(8)4-15/h2,5-6,8,14-15H,1,3-4H2,(H,12,16,17). The molecule has 1 fully saturated rings. The van der Waals surface area contributed by atoms with E-state index in [1.807, 2.05) is 22.6 Å². The molecule has 94 valence electrons. The second-order valence-electron chi connectivity index (χ2n) is 4.24. The predicted molar refractivity (Wildman–Crippen MR) is 68.8 cm³/mol. The summed E-state index contributed by atoms with van der Waals surface area (Å²) in [5.41, 5.74) is -0.860. The van der Waals surface area contributed by atoms with Crippen molar-refractivity contribution < 1.29 is 10.2 Å². The van der Waals surface area contributed by atoms with Crippen molar-refractivity contribution >= 4 is 22.6 Å². The lowest BCUT2D eigenvalue weighted by Gasteiger charge is -2.43. The van der Waals surface area contributed by atoms with Gasteiger partial charge in [0.2, 0.25) is 0 Å². The molecule has 6 nitrogen and oxygen atoms in total. The van der Waals surface area contributed by atoms with Crippen LogP contribution in [0.2, 0.25) is 0 Å². The van der Waals surface area contributed by atoms with Crippen LogP contribution in [0.15, 0.2) is 15.8 Å². The minimum Gasteiger partial charge on any atom is -0.396 e. The minimum absolute atomic E-state index is 0.0108. The van der Waals surface area contributed by atoms with Crippen molar-refractivity contribution in [3.63, 3.8) is 0 Å². The summed E-state index contributed by atoms with van der Waals surface area (Å²) in [7, 11) is 0. The van der Waals surface area contributed by atoms with Crippen LogP contribution >= 0.6 is 22.6 Å². The zero-order valence-electron chi connectivity index (χ0n) is 8.97. The highest BCUT2D eigenvalue weighted by Crippen LogP contribution is 2.42. The zero-order chi connectivity index (χ0) is 12.6. The summed E-state index contributed by atoms with van der Waals surface area (Å²) in [5.74, 6) is -0.0964. The van der Waals surface area contributed by atoms with E-state index in [2.05, 4.69) is 4.98 Å². The van der Waals surface area contributed by atoms with Crippen LogP contribution < -0.4 is 11.2 Å². The Labute approximate surface area is 110 Å². The van der Waals surface area contributed by atoms with Gasteiger partial charge in [0.05, 0.1) is 3.57 Å². The Morgan fingerprint density at radius 1 is 1.41 bits per heavy atom. The maximum Gasteiger partial charge on any atom is 0.328 e. The second kappa shape index (κ2) is 4.91. The monoisotopic (exact) mass is 352 g/mol. The normalized spacial score (nSPS) is 27.8. The smallest absolute Gasteiger partial charge is 0.328 e. The molecule has 0 radical (unpaired) electrons. The molecule has 3 N–H and O–H groups in total.